The second-order valence-corrected chi connectivity index (χ2v) is 10.1. The molecule has 0 spiro atoms. The summed E-state index contributed by atoms with van der Waals surface area (Å²) < 4.78 is 0. The summed E-state index contributed by atoms with van der Waals surface area (Å²) in [6, 6.07) is 6.86. The minimum atomic E-state index is 0.174. The number of benzene rings is 1. The van der Waals surface area contributed by atoms with Crippen LogP contribution >= 0.6 is 0 Å². The third kappa shape index (κ3) is 4.76. The molecule has 1 saturated heterocycles. The Bertz CT molecular complexity index is 1160. The Morgan fingerprint density at radius 1 is 1.24 bits per heavy atom. The van der Waals surface area contributed by atoms with Crippen molar-refractivity contribution >= 4 is 22.4 Å². The third-order valence-corrected chi connectivity index (χ3v) is 7.03. The van der Waals surface area contributed by atoms with Gasteiger partial charge in [-0.25, -0.2) is 5.84 Å². The second-order valence-electron chi connectivity index (χ2n) is 10.1. The van der Waals surface area contributed by atoms with Crippen molar-refractivity contribution in [2.24, 2.45) is 11.6 Å². The van der Waals surface area contributed by atoms with E-state index in [4.69, 9.17) is 11.6 Å². The van der Waals surface area contributed by atoms with E-state index >= 15 is 0 Å². The summed E-state index contributed by atoms with van der Waals surface area (Å²) in [4.78, 5) is 19.7. The molecule has 2 aliphatic heterocycles. The summed E-state index contributed by atoms with van der Waals surface area (Å²) in [5, 5.41) is 2.85. The molecule has 1 amide bonds. The van der Waals surface area contributed by atoms with Crippen molar-refractivity contribution in [1.82, 2.24) is 19.8 Å². The summed E-state index contributed by atoms with van der Waals surface area (Å²) in [6.45, 7) is 8.78. The number of hydrazine groups is 1. The number of fused-ring (bicyclic) bond motifs is 1. The molecule has 1 aromatic carbocycles. The average Bonchev–Trinajstić information content (AvgIpc) is 3.18. The van der Waals surface area contributed by atoms with Gasteiger partial charge in [-0.3, -0.25) is 14.7 Å². The summed E-state index contributed by atoms with van der Waals surface area (Å²) in [7, 11) is 3.64. The second kappa shape index (κ2) is 9.68. The Morgan fingerprint density at radius 3 is 2.56 bits per heavy atom. The number of rotatable bonds is 5. The number of hydrogen-bond acceptors (Lipinski definition) is 5. The van der Waals surface area contributed by atoms with Crippen LogP contribution in [0.3, 0.4) is 0 Å². The van der Waals surface area contributed by atoms with E-state index in [-0.39, 0.29) is 5.91 Å². The number of likely N-dealkylation sites (tertiary alicyclic amines) is 1. The van der Waals surface area contributed by atoms with Gasteiger partial charge in [-0.05, 0) is 80.1 Å². The summed E-state index contributed by atoms with van der Waals surface area (Å²) in [6.07, 6.45) is 8.10. The smallest absolute Gasteiger partial charge is 0.236 e. The number of carbonyl (C=O) groups is 1. The third-order valence-electron chi connectivity index (χ3n) is 7.03. The summed E-state index contributed by atoms with van der Waals surface area (Å²) >= 11 is 0. The quantitative estimate of drug-likeness (QED) is 0.587. The normalized spacial score (nSPS) is 19.1. The molecular weight excluding hydrogens is 424 g/mol. The van der Waals surface area contributed by atoms with Crippen molar-refractivity contribution in [2.45, 2.75) is 45.4 Å². The average molecular weight is 463 g/mol. The number of aromatic nitrogens is 1. The maximum absolute atomic E-state index is 12.1. The lowest BCUT2D eigenvalue weighted by atomic mass is 9.87. The Kier molecular flexibility index (Phi) is 6.86. The van der Waals surface area contributed by atoms with Crippen LogP contribution in [0.2, 0.25) is 0 Å². The Labute approximate surface area is 202 Å². The summed E-state index contributed by atoms with van der Waals surface area (Å²) in [5.41, 5.74) is 13.6. The van der Waals surface area contributed by atoms with Crippen LogP contribution in [0.15, 0.2) is 47.9 Å². The highest BCUT2D eigenvalue weighted by atomic mass is 16.2. The van der Waals surface area contributed by atoms with Crippen LogP contribution in [-0.2, 0) is 4.79 Å². The maximum Gasteiger partial charge on any atom is 0.236 e. The lowest BCUT2D eigenvalue weighted by molar-refractivity contribution is -0.130. The number of nitrogens with two attached hydrogens (primary N) is 2. The standard InChI is InChI=1S/C27H38N6O/c1-17(2)26-22-14-20(19-8-11-32(12-9-19)16-25(34)31(4)5)6-7-23(22)30-27(26)21-10-13-33(29)24(15-21)18(3)28/h6-7,10,13-15,17,19,30H,8-9,11-12,16,28-29H2,1-5H3/b24-18-. The lowest BCUT2D eigenvalue weighted by Gasteiger charge is -2.32. The van der Waals surface area contributed by atoms with Gasteiger partial charge in [0.15, 0.2) is 0 Å². The molecule has 2 aliphatic rings. The van der Waals surface area contributed by atoms with Crippen LogP contribution in [0.25, 0.3) is 16.5 Å². The molecule has 0 aliphatic carbocycles. The molecule has 7 nitrogen and oxygen atoms in total. The number of H-pyrrole nitrogens is 1. The predicted octanol–water partition coefficient (Wildman–Crippen LogP) is 3.84. The molecule has 3 heterocycles. The van der Waals surface area contributed by atoms with Crippen LogP contribution in [-0.4, -0.2) is 59.4 Å². The molecular formula is C27H38N6O. The van der Waals surface area contributed by atoms with Crippen molar-refractivity contribution in [3.63, 3.8) is 0 Å². The van der Waals surface area contributed by atoms with Gasteiger partial charge in [0, 0.05) is 42.5 Å². The van der Waals surface area contributed by atoms with Crippen molar-refractivity contribution in [3.05, 3.63) is 64.8 Å². The number of nitrogens with one attached hydrogen (secondary N) is 1. The molecule has 1 aromatic heterocycles. The molecule has 7 heteroatoms. The van der Waals surface area contributed by atoms with Crippen LogP contribution in [0.4, 0.5) is 0 Å². The molecule has 0 radical (unpaired) electrons. The van der Waals surface area contributed by atoms with E-state index < -0.39 is 0 Å². The molecule has 1 fully saturated rings. The lowest BCUT2D eigenvalue weighted by Crippen LogP contribution is -2.40. The fraction of sp³-hybridized carbons (Fsp3) is 0.444. The minimum Gasteiger partial charge on any atom is -0.401 e. The largest absolute Gasteiger partial charge is 0.401 e. The summed E-state index contributed by atoms with van der Waals surface area (Å²) in [5.74, 6) is 7.12. The zero-order chi connectivity index (χ0) is 24.6. The van der Waals surface area contributed by atoms with E-state index in [9.17, 15) is 4.79 Å². The van der Waals surface area contributed by atoms with Gasteiger partial charge in [-0.2, -0.15) is 0 Å². The number of hydrogen-bond donors (Lipinski definition) is 3. The molecule has 5 N–H and O–H groups in total. The Balaban J connectivity index is 1.62. The van der Waals surface area contributed by atoms with Gasteiger partial charge in [-0.15, -0.1) is 0 Å². The van der Waals surface area contributed by atoms with Gasteiger partial charge in [-0.1, -0.05) is 19.9 Å². The van der Waals surface area contributed by atoms with Gasteiger partial charge < -0.3 is 15.6 Å². The molecule has 4 rings (SSSR count). The van der Waals surface area contributed by atoms with Crippen LogP contribution in [0.5, 0.6) is 0 Å². The first kappa shape index (κ1) is 24.1. The van der Waals surface area contributed by atoms with Gasteiger partial charge >= 0.3 is 0 Å². The van der Waals surface area contributed by atoms with Gasteiger partial charge in [0.2, 0.25) is 5.91 Å². The van der Waals surface area contributed by atoms with Crippen LogP contribution in [0.1, 0.15) is 62.3 Å². The SMILES string of the molecule is C/C(N)=C1\C=C(c2[nH]c3ccc(C4CCN(CC(=O)N(C)C)CC4)cc3c2C(C)C)C=CN1N. The van der Waals surface area contributed by atoms with Gasteiger partial charge in [0.1, 0.15) is 0 Å². The molecule has 0 unspecified atom stereocenters. The Hall–Kier alpha value is -3.03. The topological polar surface area (TPSA) is 94.6 Å². The van der Waals surface area contributed by atoms with E-state index in [2.05, 4.69) is 48.0 Å². The Morgan fingerprint density at radius 2 is 1.94 bits per heavy atom. The van der Waals surface area contributed by atoms with Crippen LogP contribution in [0, 0.1) is 0 Å². The van der Waals surface area contributed by atoms with E-state index in [1.165, 1.54) is 16.5 Å². The monoisotopic (exact) mass is 462 g/mol. The molecule has 34 heavy (non-hydrogen) atoms. The van der Waals surface area contributed by atoms with Crippen LogP contribution < -0.4 is 11.6 Å². The van der Waals surface area contributed by atoms with Crippen molar-refractivity contribution in [2.75, 3.05) is 33.7 Å². The number of nitrogens with zero attached hydrogens (tertiary/aromatic N) is 3. The van der Waals surface area contributed by atoms with E-state index in [1.54, 1.807) is 9.91 Å². The number of piperidine rings is 1. The van der Waals surface area contributed by atoms with Crippen molar-refractivity contribution in [3.8, 4) is 0 Å². The highest BCUT2D eigenvalue weighted by Crippen LogP contribution is 2.38. The first-order chi connectivity index (χ1) is 16.2. The zero-order valence-corrected chi connectivity index (χ0v) is 21.1. The number of likely N-dealkylation sites (N-methyl/N-ethyl adjacent to an activating group) is 1. The highest BCUT2D eigenvalue weighted by Gasteiger charge is 2.24. The molecule has 2 aromatic rings. The number of carbonyl (C=O) groups excluding carboxylic acids is 1. The molecule has 0 bridgehead atoms. The number of allylic oxidation sites excluding steroid dienone is 4. The zero-order valence-electron chi connectivity index (χ0n) is 21.1. The van der Waals surface area contributed by atoms with E-state index in [0.29, 0.717) is 24.1 Å². The van der Waals surface area contributed by atoms with E-state index in [1.807, 2.05) is 33.3 Å². The highest BCUT2D eigenvalue weighted by molar-refractivity contribution is 5.92. The fourth-order valence-corrected chi connectivity index (χ4v) is 5.05. The fourth-order valence-electron chi connectivity index (χ4n) is 5.05. The molecule has 182 valence electrons. The van der Waals surface area contributed by atoms with Crippen molar-refractivity contribution < 1.29 is 4.79 Å². The van der Waals surface area contributed by atoms with Crippen molar-refractivity contribution in [1.29, 1.82) is 0 Å². The first-order valence-electron chi connectivity index (χ1n) is 12.1. The minimum absolute atomic E-state index is 0.174. The predicted molar refractivity (Wildman–Crippen MR) is 140 cm³/mol. The van der Waals surface area contributed by atoms with Gasteiger partial charge in [0.05, 0.1) is 17.9 Å². The number of aromatic amines is 1. The molecule has 0 atom stereocenters. The van der Waals surface area contributed by atoms with E-state index in [0.717, 1.165) is 48.4 Å². The van der Waals surface area contributed by atoms with Gasteiger partial charge in [0.25, 0.3) is 0 Å². The molecule has 0 saturated carbocycles. The first-order valence-corrected chi connectivity index (χ1v) is 12.1. The maximum atomic E-state index is 12.1. The number of amides is 1.